The zero-order valence-electron chi connectivity index (χ0n) is 13.3. The lowest BCUT2D eigenvalue weighted by Crippen LogP contribution is -2.59. The molecule has 1 aromatic carbocycles. The van der Waals surface area contributed by atoms with E-state index in [1.165, 1.54) is 0 Å². The molecule has 2 atom stereocenters. The Morgan fingerprint density at radius 1 is 1.00 bits per heavy atom. The van der Waals surface area contributed by atoms with Crippen molar-refractivity contribution in [3.05, 3.63) is 34.9 Å². The Hall–Kier alpha value is -1.32. The number of halogens is 6. The van der Waals surface area contributed by atoms with Gasteiger partial charge < -0.3 is 9.84 Å². The highest BCUT2D eigenvalue weighted by Crippen LogP contribution is 2.49. The van der Waals surface area contributed by atoms with E-state index in [9.17, 15) is 31.4 Å². The lowest BCUT2D eigenvalue weighted by atomic mass is 9.73. The highest BCUT2D eigenvalue weighted by atomic mass is 19.4. The quantitative estimate of drug-likeness (QED) is 0.771. The third-order valence-corrected chi connectivity index (χ3v) is 5.06. The number of nitrogens with zero attached hydrogens (tertiary/aromatic N) is 1. The number of rotatable bonds is 1. The van der Waals surface area contributed by atoms with Crippen LogP contribution >= 0.6 is 0 Å². The molecular weight excluding hydrogens is 352 g/mol. The van der Waals surface area contributed by atoms with Crippen LogP contribution in [0.5, 0.6) is 0 Å². The van der Waals surface area contributed by atoms with E-state index in [0.29, 0.717) is 12.1 Å². The second kappa shape index (κ2) is 5.85. The molecule has 2 saturated heterocycles. The van der Waals surface area contributed by atoms with Crippen molar-refractivity contribution in [3.8, 4) is 0 Å². The Morgan fingerprint density at radius 3 is 1.84 bits per heavy atom. The van der Waals surface area contributed by atoms with Gasteiger partial charge in [-0.3, -0.25) is 4.90 Å². The molecule has 2 fully saturated rings. The standard InChI is InChI=1S/C16H17F6NO2/c1-23-9-5-14(24,6-10(23)8-25-7-9)13-11(15(17,18)19)3-2-4-12(13)16(20,21)22/h2-4,9-10,24H,5-8H2,1H3. The third kappa shape index (κ3) is 3.24. The van der Waals surface area contributed by atoms with Crippen LogP contribution in [0.3, 0.4) is 0 Å². The average molecular weight is 369 g/mol. The molecule has 9 heteroatoms. The van der Waals surface area contributed by atoms with Crippen molar-refractivity contribution in [1.29, 1.82) is 0 Å². The van der Waals surface area contributed by atoms with E-state index in [-0.39, 0.29) is 26.1 Å². The molecule has 1 N–H and O–H groups in total. The lowest BCUT2D eigenvalue weighted by molar-refractivity contribution is -0.163. The van der Waals surface area contributed by atoms with E-state index in [2.05, 4.69) is 0 Å². The second-order valence-corrected chi connectivity index (χ2v) is 6.67. The molecule has 2 aliphatic heterocycles. The topological polar surface area (TPSA) is 32.7 Å². The number of piperidine rings is 1. The Kier molecular flexibility index (Phi) is 4.32. The molecule has 3 nitrogen and oxygen atoms in total. The van der Waals surface area contributed by atoms with Crippen LogP contribution < -0.4 is 0 Å². The van der Waals surface area contributed by atoms with Crippen LogP contribution in [0.25, 0.3) is 0 Å². The van der Waals surface area contributed by atoms with Gasteiger partial charge >= 0.3 is 12.4 Å². The van der Waals surface area contributed by atoms with E-state index in [1.54, 1.807) is 7.05 Å². The zero-order valence-corrected chi connectivity index (χ0v) is 13.3. The van der Waals surface area contributed by atoms with Crippen LogP contribution in [0.1, 0.15) is 29.5 Å². The number of benzene rings is 1. The summed E-state index contributed by atoms with van der Waals surface area (Å²) in [5.41, 5.74) is -6.16. The van der Waals surface area contributed by atoms with Gasteiger partial charge in [0.2, 0.25) is 0 Å². The number of morpholine rings is 1. The third-order valence-electron chi connectivity index (χ3n) is 5.06. The summed E-state index contributed by atoms with van der Waals surface area (Å²) < 4.78 is 85.7. The van der Waals surface area contributed by atoms with Gasteiger partial charge in [0.25, 0.3) is 0 Å². The summed E-state index contributed by atoms with van der Waals surface area (Å²) in [4.78, 5) is 1.85. The van der Waals surface area contributed by atoms with E-state index in [1.807, 2.05) is 4.90 Å². The molecule has 0 aliphatic carbocycles. The molecule has 2 heterocycles. The minimum Gasteiger partial charge on any atom is -0.385 e. The van der Waals surface area contributed by atoms with E-state index >= 15 is 0 Å². The summed E-state index contributed by atoms with van der Waals surface area (Å²) in [6.07, 6.45) is -10.5. The average Bonchev–Trinajstić information content (AvgIpc) is 2.46. The van der Waals surface area contributed by atoms with Gasteiger partial charge in [-0.2, -0.15) is 26.3 Å². The number of aliphatic hydroxyl groups is 1. The first-order valence-electron chi connectivity index (χ1n) is 7.73. The molecule has 2 unspecified atom stereocenters. The van der Waals surface area contributed by atoms with Crippen molar-refractivity contribution in [1.82, 2.24) is 4.90 Å². The van der Waals surface area contributed by atoms with Crippen molar-refractivity contribution >= 4 is 0 Å². The molecule has 0 radical (unpaired) electrons. The van der Waals surface area contributed by atoms with Crippen molar-refractivity contribution in [2.24, 2.45) is 0 Å². The van der Waals surface area contributed by atoms with E-state index < -0.39 is 46.7 Å². The predicted molar refractivity (Wildman–Crippen MR) is 75.7 cm³/mol. The van der Waals surface area contributed by atoms with Gasteiger partial charge in [0.1, 0.15) is 0 Å². The summed E-state index contributed by atoms with van der Waals surface area (Å²) in [7, 11) is 1.73. The number of alkyl halides is 6. The first-order chi connectivity index (χ1) is 11.4. The van der Waals surface area contributed by atoms with Gasteiger partial charge in [0, 0.05) is 17.6 Å². The van der Waals surface area contributed by atoms with Crippen molar-refractivity contribution in [2.45, 2.75) is 42.9 Å². The number of hydrogen-bond acceptors (Lipinski definition) is 3. The monoisotopic (exact) mass is 369 g/mol. The highest BCUT2D eigenvalue weighted by molar-refractivity contribution is 5.44. The first kappa shape index (κ1) is 18.5. The lowest BCUT2D eigenvalue weighted by Gasteiger charge is -2.51. The Balaban J connectivity index is 2.18. The molecule has 2 aliphatic rings. The molecule has 1 aromatic rings. The normalized spacial score (nSPS) is 31.2. The molecule has 0 saturated carbocycles. The molecule has 0 amide bonds. The summed E-state index contributed by atoms with van der Waals surface area (Å²) in [6.45, 7) is 0.315. The maximum Gasteiger partial charge on any atom is 0.416 e. The van der Waals surface area contributed by atoms with Gasteiger partial charge in [-0.05, 0) is 32.0 Å². The number of hydrogen-bond donors (Lipinski definition) is 1. The van der Waals surface area contributed by atoms with Crippen molar-refractivity contribution < 1.29 is 36.2 Å². The van der Waals surface area contributed by atoms with Crippen LogP contribution in [0.4, 0.5) is 26.3 Å². The fourth-order valence-corrected chi connectivity index (χ4v) is 3.87. The van der Waals surface area contributed by atoms with Crippen molar-refractivity contribution in [3.63, 3.8) is 0 Å². The molecule has 2 bridgehead atoms. The fourth-order valence-electron chi connectivity index (χ4n) is 3.87. The SMILES string of the molecule is CN1C2COCC1CC(O)(c1c(C(F)(F)F)cccc1C(F)(F)F)C2. The van der Waals surface area contributed by atoms with Gasteiger partial charge in [-0.1, -0.05) is 6.07 Å². The summed E-state index contributed by atoms with van der Waals surface area (Å²) in [5.74, 6) is 0. The number of fused-ring (bicyclic) bond motifs is 2. The smallest absolute Gasteiger partial charge is 0.385 e. The molecular formula is C16H17F6NO2. The minimum atomic E-state index is -5.00. The van der Waals surface area contributed by atoms with Gasteiger partial charge in [0.15, 0.2) is 0 Å². The zero-order chi connectivity index (χ0) is 18.6. The van der Waals surface area contributed by atoms with Gasteiger partial charge in [-0.25, -0.2) is 0 Å². The summed E-state index contributed by atoms with van der Waals surface area (Å²) in [6, 6.07) is 1.01. The van der Waals surface area contributed by atoms with Gasteiger partial charge in [0.05, 0.1) is 29.9 Å². The molecule has 140 valence electrons. The van der Waals surface area contributed by atoms with E-state index in [4.69, 9.17) is 4.74 Å². The maximum atomic E-state index is 13.4. The summed E-state index contributed by atoms with van der Waals surface area (Å²) >= 11 is 0. The van der Waals surface area contributed by atoms with Crippen molar-refractivity contribution in [2.75, 3.05) is 20.3 Å². The van der Waals surface area contributed by atoms with Crippen LogP contribution in [-0.2, 0) is 22.7 Å². The van der Waals surface area contributed by atoms with Gasteiger partial charge in [-0.15, -0.1) is 0 Å². The van der Waals surface area contributed by atoms with Crippen LogP contribution in [0.2, 0.25) is 0 Å². The van der Waals surface area contributed by atoms with E-state index in [0.717, 1.165) is 6.07 Å². The highest BCUT2D eigenvalue weighted by Gasteiger charge is 2.52. The fraction of sp³-hybridized carbons (Fsp3) is 0.625. The van der Waals surface area contributed by atoms with Crippen LogP contribution in [-0.4, -0.2) is 42.4 Å². The number of ether oxygens (including phenoxy) is 1. The summed E-state index contributed by atoms with van der Waals surface area (Å²) in [5, 5.41) is 11.0. The molecule has 0 spiro atoms. The van der Waals surface area contributed by atoms with Crippen LogP contribution in [0.15, 0.2) is 18.2 Å². The van der Waals surface area contributed by atoms with Crippen LogP contribution in [0, 0.1) is 0 Å². The maximum absolute atomic E-state index is 13.4. The molecule has 25 heavy (non-hydrogen) atoms. The first-order valence-corrected chi connectivity index (χ1v) is 7.73. The Labute approximate surface area is 140 Å². The molecule has 0 aromatic heterocycles. The molecule has 3 rings (SSSR count). The Bertz CT molecular complexity index is 611. The largest absolute Gasteiger partial charge is 0.416 e. The predicted octanol–water partition coefficient (Wildman–Crippen LogP) is 3.40. The second-order valence-electron chi connectivity index (χ2n) is 6.67. The Morgan fingerprint density at radius 2 is 1.44 bits per heavy atom. The number of likely N-dealkylation sites (N-methyl/N-ethyl adjacent to an activating group) is 1. The minimum absolute atomic E-state index is 0.158.